The molecule has 2 nitrogen and oxygen atoms in total. The predicted octanol–water partition coefficient (Wildman–Crippen LogP) is 2.57. The fourth-order valence-electron chi connectivity index (χ4n) is 3.41. The summed E-state index contributed by atoms with van der Waals surface area (Å²) in [5.74, 6) is 0.810. The molecule has 2 unspecified atom stereocenters. The lowest BCUT2D eigenvalue weighted by Gasteiger charge is -2.31. The molecule has 2 heteroatoms. The van der Waals surface area contributed by atoms with E-state index in [0.717, 1.165) is 5.92 Å². The molecule has 0 amide bonds. The standard InChI is InChI=1S/C15H22N2/c16-14-6-3-4-12(10-14)11-17-9-8-13-5-1-2-7-15(13)17/h1-2,5,7,12,14H,3-4,6,8-11,16H2. The second-order valence-corrected chi connectivity index (χ2v) is 5.62. The molecule has 0 aromatic heterocycles. The van der Waals surface area contributed by atoms with E-state index in [0.29, 0.717) is 6.04 Å². The average molecular weight is 230 g/mol. The summed E-state index contributed by atoms with van der Waals surface area (Å²) in [7, 11) is 0. The summed E-state index contributed by atoms with van der Waals surface area (Å²) >= 11 is 0. The van der Waals surface area contributed by atoms with Crippen LogP contribution < -0.4 is 10.6 Å². The largest absolute Gasteiger partial charge is 0.371 e. The second-order valence-electron chi connectivity index (χ2n) is 5.62. The van der Waals surface area contributed by atoms with Crippen LogP contribution in [0, 0.1) is 5.92 Å². The van der Waals surface area contributed by atoms with Gasteiger partial charge in [0.25, 0.3) is 0 Å². The van der Waals surface area contributed by atoms with E-state index in [1.807, 2.05) is 0 Å². The van der Waals surface area contributed by atoms with Crippen molar-refractivity contribution in [1.82, 2.24) is 0 Å². The summed E-state index contributed by atoms with van der Waals surface area (Å²) in [4.78, 5) is 2.57. The Labute approximate surface area is 104 Å². The van der Waals surface area contributed by atoms with Gasteiger partial charge in [0.05, 0.1) is 0 Å². The third-order valence-electron chi connectivity index (χ3n) is 4.29. The molecule has 3 rings (SSSR count). The maximum atomic E-state index is 6.08. The lowest BCUT2D eigenvalue weighted by atomic mass is 9.86. The molecule has 1 aromatic rings. The molecule has 0 bridgehead atoms. The highest BCUT2D eigenvalue weighted by Crippen LogP contribution is 2.31. The highest BCUT2D eigenvalue weighted by atomic mass is 15.1. The summed E-state index contributed by atoms with van der Waals surface area (Å²) in [6, 6.07) is 9.29. The first kappa shape index (κ1) is 11.1. The van der Waals surface area contributed by atoms with E-state index in [1.54, 1.807) is 0 Å². The van der Waals surface area contributed by atoms with Crippen LogP contribution in [0.2, 0.25) is 0 Å². The van der Waals surface area contributed by atoms with Gasteiger partial charge < -0.3 is 10.6 Å². The van der Waals surface area contributed by atoms with Crippen molar-refractivity contribution in [2.75, 3.05) is 18.0 Å². The molecule has 2 atom stereocenters. The molecular formula is C15H22N2. The molecule has 1 saturated carbocycles. The number of rotatable bonds is 2. The van der Waals surface area contributed by atoms with Crippen molar-refractivity contribution >= 4 is 5.69 Å². The molecule has 0 saturated heterocycles. The average Bonchev–Trinajstić information content (AvgIpc) is 2.73. The first-order chi connectivity index (χ1) is 8.33. The zero-order valence-electron chi connectivity index (χ0n) is 10.4. The van der Waals surface area contributed by atoms with Crippen molar-refractivity contribution in [3.8, 4) is 0 Å². The molecule has 1 aliphatic heterocycles. The monoisotopic (exact) mass is 230 g/mol. The van der Waals surface area contributed by atoms with Gasteiger partial charge in [-0.2, -0.15) is 0 Å². The number of anilines is 1. The van der Waals surface area contributed by atoms with Gasteiger partial charge in [0.2, 0.25) is 0 Å². The molecule has 1 fully saturated rings. The summed E-state index contributed by atoms with van der Waals surface area (Å²) in [5, 5.41) is 0. The van der Waals surface area contributed by atoms with Gasteiger partial charge in [-0.15, -0.1) is 0 Å². The number of benzene rings is 1. The summed E-state index contributed by atoms with van der Waals surface area (Å²) in [5.41, 5.74) is 9.06. The lowest BCUT2D eigenvalue weighted by molar-refractivity contribution is 0.324. The van der Waals surface area contributed by atoms with Crippen molar-refractivity contribution in [3.63, 3.8) is 0 Å². The highest BCUT2D eigenvalue weighted by molar-refractivity contribution is 5.57. The Morgan fingerprint density at radius 2 is 2.12 bits per heavy atom. The van der Waals surface area contributed by atoms with E-state index in [2.05, 4.69) is 29.2 Å². The van der Waals surface area contributed by atoms with Crippen LogP contribution in [-0.4, -0.2) is 19.1 Å². The van der Waals surface area contributed by atoms with Gasteiger partial charge in [0.1, 0.15) is 0 Å². The zero-order valence-corrected chi connectivity index (χ0v) is 10.4. The number of fused-ring (bicyclic) bond motifs is 1. The highest BCUT2D eigenvalue weighted by Gasteiger charge is 2.24. The zero-order chi connectivity index (χ0) is 11.7. The number of nitrogens with zero attached hydrogens (tertiary/aromatic N) is 1. The molecule has 1 aromatic carbocycles. The van der Waals surface area contributed by atoms with E-state index in [4.69, 9.17) is 5.73 Å². The molecule has 2 N–H and O–H groups in total. The molecule has 0 spiro atoms. The predicted molar refractivity (Wildman–Crippen MR) is 72.3 cm³/mol. The first-order valence-electron chi connectivity index (χ1n) is 6.91. The van der Waals surface area contributed by atoms with E-state index in [9.17, 15) is 0 Å². The van der Waals surface area contributed by atoms with Crippen molar-refractivity contribution < 1.29 is 0 Å². The Morgan fingerprint density at radius 1 is 1.24 bits per heavy atom. The molecule has 92 valence electrons. The summed E-state index contributed by atoms with van der Waals surface area (Å²) < 4.78 is 0. The van der Waals surface area contributed by atoms with Gasteiger partial charge in [-0.25, -0.2) is 0 Å². The topological polar surface area (TPSA) is 29.3 Å². The van der Waals surface area contributed by atoms with Crippen LogP contribution in [0.15, 0.2) is 24.3 Å². The van der Waals surface area contributed by atoms with Gasteiger partial charge in [0, 0.05) is 24.8 Å². The van der Waals surface area contributed by atoms with Crippen LogP contribution in [0.3, 0.4) is 0 Å². The number of hydrogen-bond acceptors (Lipinski definition) is 2. The quantitative estimate of drug-likeness (QED) is 0.846. The van der Waals surface area contributed by atoms with Crippen LogP contribution in [0.25, 0.3) is 0 Å². The summed E-state index contributed by atoms with van der Waals surface area (Å²) in [6.45, 7) is 2.41. The van der Waals surface area contributed by atoms with E-state index in [1.165, 1.54) is 56.4 Å². The van der Waals surface area contributed by atoms with E-state index in [-0.39, 0.29) is 0 Å². The molecule has 0 radical (unpaired) electrons. The summed E-state index contributed by atoms with van der Waals surface area (Å²) in [6.07, 6.45) is 6.36. The Kier molecular flexibility index (Phi) is 3.06. The molecule has 17 heavy (non-hydrogen) atoms. The maximum Gasteiger partial charge on any atom is 0.0399 e. The normalized spacial score (nSPS) is 28.2. The number of nitrogens with two attached hydrogens (primary N) is 1. The van der Waals surface area contributed by atoms with Crippen LogP contribution in [0.5, 0.6) is 0 Å². The third kappa shape index (κ3) is 2.32. The van der Waals surface area contributed by atoms with Gasteiger partial charge in [-0.05, 0) is 43.2 Å². The SMILES string of the molecule is NC1CCCC(CN2CCc3ccccc32)C1. The Balaban J connectivity index is 1.67. The minimum absolute atomic E-state index is 0.451. The fraction of sp³-hybridized carbons (Fsp3) is 0.600. The van der Waals surface area contributed by atoms with Crippen molar-refractivity contribution in [3.05, 3.63) is 29.8 Å². The van der Waals surface area contributed by atoms with Crippen molar-refractivity contribution in [2.24, 2.45) is 11.7 Å². The maximum absolute atomic E-state index is 6.08. The van der Waals surface area contributed by atoms with Gasteiger partial charge >= 0.3 is 0 Å². The van der Waals surface area contributed by atoms with Crippen LogP contribution in [0.1, 0.15) is 31.2 Å². The lowest BCUT2D eigenvalue weighted by Crippen LogP contribution is -2.35. The second kappa shape index (κ2) is 4.69. The van der Waals surface area contributed by atoms with Gasteiger partial charge in [0.15, 0.2) is 0 Å². The molecule has 2 aliphatic rings. The number of hydrogen-bond donors (Lipinski definition) is 1. The fourth-order valence-corrected chi connectivity index (χ4v) is 3.41. The van der Waals surface area contributed by atoms with Crippen LogP contribution in [-0.2, 0) is 6.42 Å². The smallest absolute Gasteiger partial charge is 0.0399 e. The van der Waals surface area contributed by atoms with Gasteiger partial charge in [-0.1, -0.05) is 24.6 Å². The minimum Gasteiger partial charge on any atom is -0.371 e. The molecule has 1 aliphatic carbocycles. The number of para-hydroxylation sites is 1. The van der Waals surface area contributed by atoms with Crippen LogP contribution in [0.4, 0.5) is 5.69 Å². The Morgan fingerprint density at radius 3 is 3.00 bits per heavy atom. The Bertz CT molecular complexity index is 388. The van der Waals surface area contributed by atoms with Crippen molar-refractivity contribution in [2.45, 2.75) is 38.1 Å². The molecule has 1 heterocycles. The van der Waals surface area contributed by atoms with E-state index >= 15 is 0 Å². The first-order valence-corrected chi connectivity index (χ1v) is 6.91. The van der Waals surface area contributed by atoms with Crippen LogP contribution >= 0.6 is 0 Å². The molecular weight excluding hydrogens is 208 g/mol. The van der Waals surface area contributed by atoms with E-state index < -0.39 is 0 Å². The van der Waals surface area contributed by atoms with Crippen molar-refractivity contribution in [1.29, 1.82) is 0 Å². The third-order valence-corrected chi connectivity index (χ3v) is 4.29. The Hall–Kier alpha value is -1.02. The minimum atomic E-state index is 0.451. The van der Waals surface area contributed by atoms with Gasteiger partial charge in [-0.3, -0.25) is 0 Å².